The van der Waals surface area contributed by atoms with Crippen molar-refractivity contribution in [1.29, 1.82) is 0 Å². The van der Waals surface area contributed by atoms with E-state index < -0.39 is 0 Å². The molecule has 0 amide bonds. The molecule has 0 radical (unpaired) electrons. The number of rotatable bonds is 7. The summed E-state index contributed by atoms with van der Waals surface area (Å²) in [4.78, 5) is 0. The molecule has 0 bridgehead atoms. The van der Waals surface area contributed by atoms with Gasteiger partial charge in [0.2, 0.25) is 0 Å². The van der Waals surface area contributed by atoms with Crippen molar-refractivity contribution in [3.63, 3.8) is 0 Å². The van der Waals surface area contributed by atoms with Crippen LogP contribution in [0.5, 0.6) is 5.75 Å². The van der Waals surface area contributed by atoms with Gasteiger partial charge in [-0.1, -0.05) is 29.8 Å². The Bertz CT molecular complexity index is 371. The van der Waals surface area contributed by atoms with E-state index >= 15 is 0 Å². The Morgan fingerprint density at radius 1 is 1.28 bits per heavy atom. The summed E-state index contributed by atoms with van der Waals surface area (Å²) in [6, 6.07) is 8.63. The van der Waals surface area contributed by atoms with Gasteiger partial charge in [-0.3, -0.25) is 0 Å². The Morgan fingerprint density at radius 3 is 2.50 bits per heavy atom. The van der Waals surface area contributed by atoms with Crippen molar-refractivity contribution in [3.05, 3.63) is 28.7 Å². The van der Waals surface area contributed by atoms with Gasteiger partial charge >= 0.3 is 0 Å². The van der Waals surface area contributed by atoms with Crippen LogP contribution >= 0.6 is 15.9 Å². The van der Waals surface area contributed by atoms with Crippen LogP contribution in [0, 0.1) is 5.41 Å². The molecule has 0 unspecified atom stereocenters. The Balaban J connectivity index is 1.70. The maximum atomic E-state index is 5.80. The summed E-state index contributed by atoms with van der Waals surface area (Å²) in [5, 5.41) is 3.54. The maximum absolute atomic E-state index is 5.80. The molecule has 1 aliphatic rings. The van der Waals surface area contributed by atoms with Crippen molar-refractivity contribution < 1.29 is 4.74 Å². The Kier molecular flexibility index (Phi) is 4.68. The van der Waals surface area contributed by atoms with E-state index in [9.17, 15) is 0 Å². The SMILES string of the molecule is CC(C)NCC1(CCOc2ccc(Br)cc2)CC1. The molecule has 0 aromatic heterocycles. The zero-order chi connectivity index (χ0) is 13.0. The van der Waals surface area contributed by atoms with Crippen molar-refractivity contribution in [3.8, 4) is 5.75 Å². The number of hydrogen-bond acceptors (Lipinski definition) is 2. The lowest BCUT2D eigenvalue weighted by Gasteiger charge is -2.18. The quantitative estimate of drug-likeness (QED) is 0.822. The molecule has 1 aliphatic carbocycles. The smallest absolute Gasteiger partial charge is 0.119 e. The standard InChI is InChI=1S/C15H22BrNO/c1-12(2)17-11-15(7-8-15)9-10-18-14-5-3-13(16)4-6-14/h3-6,12,17H,7-11H2,1-2H3. The van der Waals surface area contributed by atoms with Crippen molar-refractivity contribution in [2.24, 2.45) is 5.41 Å². The van der Waals surface area contributed by atoms with Gasteiger partial charge < -0.3 is 10.1 Å². The summed E-state index contributed by atoms with van der Waals surface area (Å²) in [6.45, 7) is 6.36. The molecule has 0 atom stereocenters. The lowest BCUT2D eigenvalue weighted by Crippen LogP contribution is -2.30. The average Bonchev–Trinajstić information content (AvgIpc) is 3.10. The highest BCUT2D eigenvalue weighted by atomic mass is 79.9. The van der Waals surface area contributed by atoms with Gasteiger partial charge in [-0.2, -0.15) is 0 Å². The molecular formula is C15H22BrNO. The molecule has 1 saturated carbocycles. The van der Waals surface area contributed by atoms with Crippen molar-refractivity contribution in [2.45, 2.75) is 39.2 Å². The van der Waals surface area contributed by atoms with E-state index in [1.165, 1.54) is 12.8 Å². The van der Waals surface area contributed by atoms with Crippen LogP contribution in [0.4, 0.5) is 0 Å². The zero-order valence-electron chi connectivity index (χ0n) is 11.2. The summed E-state index contributed by atoms with van der Waals surface area (Å²) >= 11 is 3.43. The van der Waals surface area contributed by atoms with Gasteiger partial charge in [-0.25, -0.2) is 0 Å². The summed E-state index contributed by atoms with van der Waals surface area (Å²) < 4.78 is 6.89. The van der Waals surface area contributed by atoms with Gasteiger partial charge in [0.1, 0.15) is 5.75 Å². The second kappa shape index (κ2) is 6.07. The Labute approximate surface area is 118 Å². The maximum Gasteiger partial charge on any atom is 0.119 e. The van der Waals surface area contributed by atoms with Gasteiger partial charge in [0.15, 0.2) is 0 Å². The minimum atomic E-state index is 0.514. The molecule has 1 aromatic carbocycles. The third-order valence-electron chi connectivity index (χ3n) is 3.56. The molecule has 1 fully saturated rings. The summed E-state index contributed by atoms with van der Waals surface area (Å²) in [5.74, 6) is 0.964. The van der Waals surface area contributed by atoms with Crippen LogP contribution in [0.2, 0.25) is 0 Å². The van der Waals surface area contributed by atoms with Gasteiger partial charge in [-0.05, 0) is 48.9 Å². The third-order valence-corrected chi connectivity index (χ3v) is 4.09. The lowest BCUT2D eigenvalue weighted by molar-refractivity contribution is 0.262. The normalized spacial score (nSPS) is 16.9. The Hall–Kier alpha value is -0.540. The first kappa shape index (κ1) is 13.9. The molecule has 2 rings (SSSR count). The minimum absolute atomic E-state index is 0.514. The van der Waals surface area contributed by atoms with Crippen LogP contribution in [0.1, 0.15) is 33.1 Å². The molecule has 100 valence electrons. The highest BCUT2D eigenvalue weighted by Gasteiger charge is 2.41. The van der Waals surface area contributed by atoms with Crippen LogP contribution in [-0.4, -0.2) is 19.2 Å². The predicted molar refractivity (Wildman–Crippen MR) is 79.1 cm³/mol. The minimum Gasteiger partial charge on any atom is -0.494 e. The summed E-state index contributed by atoms with van der Waals surface area (Å²) in [6.07, 6.45) is 3.84. The van der Waals surface area contributed by atoms with E-state index in [0.717, 1.165) is 29.8 Å². The molecule has 1 N–H and O–H groups in total. The summed E-state index contributed by atoms with van der Waals surface area (Å²) in [7, 11) is 0. The molecule has 18 heavy (non-hydrogen) atoms. The van der Waals surface area contributed by atoms with E-state index in [1.807, 2.05) is 24.3 Å². The van der Waals surface area contributed by atoms with Gasteiger partial charge in [0, 0.05) is 17.1 Å². The molecule has 0 saturated heterocycles. The number of benzene rings is 1. The fourth-order valence-electron chi connectivity index (χ4n) is 2.03. The largest absolute Gasteiger partial charge is 0.494 e. The number of halogens is 1. The van der Waals surface area contributed by atoms with E-state index in [-0.39, 0.29) is 0 Å². The molecular weight excluding hydrogens is 290 g/mol. The second-order valence-corrected chi connectivity index (χ2v) is 6.50. The topological polar surface area (TPSA) is 21.3 Å². The van der Waals surface area contributed by atoms with Crippen LogP contribution < -0.4 is 10.1 Å². The fourth-order valence-corrected chi connectivity index (χ4v) is 2.29. The zero-order valence-corrected chi connectivity index (χ0v) is 12.8. The van der Waals surface area contributed by atoms with E-state index in [1.54, 1.807) is 0 Å². The van der Waals surface area contributed by atoms with E-state index in [4.69, 9.17) is 4.74 Å². The van der Waals surface area contributed by atoms with Crippen LogP contribution in [0.3, 0.4) is 0 Å². The first-order valence-electron chi connectivity index (χ1n) is 6.71. The second-order valence-electron chi connectivity index (χ2n) is 5.59. The monoisotopic (exact) mass is 311 g/mol. The molecule has 0 spiro atoms. The predicted octanol–water partition coefficient (Wildman–Crippen LogP) is 4.00. The van der Waals surface area contributed by atoms with Crippen molar-refractivity contribution >= 4 is 15.9 Å². The van der Waals surface area contributed by atoms with Gasteiger partial charge in [0.25, 0.3) is 0 Å². The van der Waals surface area contributed by atoms with Crippen molar-refractivity contribution in [1.82, 2.24) is 5.32 Å². The third kappa shape index (κ3) is 4.29. The number of nitrogens with one attached hydrogen (secondary N) is 1. The fraction of sp³-hybridized carbons (Fsp3) is 0.600. The van der Waals surface area contributed by atoms with E-state index in [0.29, 0.717) is 11.5 Å². The van der Waals surface area contributed by atoms with Crippen LogP contribution in [0.15, 0.2) is 28.7 Å². The number of ether oxygens (including phenoxy) is 1. The van der Waals surface area contributed by atoms with E-state index in [2.05, 4.69) is 35.1 Å². The molecule has 2 nitrogen and oxygen atoms in total. The van der Waals surface area contributed by atoms with Gasteiger partial charge in [-0.15, -0.1) is 0 Å². The molecule has 1 aromatic rings. The lowest BCUT2D eigenvalue weighted by atomic mass is 10.0. The molecule has 0 heterocycles. The highest BCUT2D eigenvalue weighted by Crippen LogP contribution is 2.48. The first-order chi connectivity index (χ1) is 8.60. The molecule has 3 heteroatoms. The first-order valence-corrected chi connectivity index (χ1v) is 7.51. The van der Waals surface area contributed by atoms with Crippen LogP contribution in [-0.2, 0) is 0 Å². The Morgan fingerprint density at radius 2 is 1.94 bits per heavy atom. The van der Waals surface area contributed by atoms with Crippen molar-refractivity contribution in [2.75, 3.05) is 13.2 Å². The number of hydrogen-bond donors (Lipinski definition) is 1. The molecule has 0 aliphatic heterocycles. The van der Waals surface area contributed by atoms with Gasteiger partial charge in [0.05, 0.1) is 6.61 Å². The summed E-state index contributed by atoms with van der Waals surface area (Å²) in [5.41, 5.74) is 0.514. The van der Waals surface area contributed by atoms with Crippen LogP contribution in [0.25, 0.3) is 0 Å². The average molecular weight is 312 g/mol. The highest BCUT2D eigenvalue weighted by molar-refractivity contribution is 9.10.